The van der Waals surface area contributed by atoms with Crippen LogP contribution in [0.15, 0.2) is 123 Å². The first-order valence-corrected chi connectivity index (χ1v) is 41.0. The summed E-state index contributed by atoms with van der Waals surface area (Å²) in [4.78, 5) is 87.6. The third-order valence-corrected chi connectivity index (χ3v) is 20.1. The highest BCUT2D eigenvalue weighted by atomic mass is 35.5. The lowest BCUT2D eigenvalue weighted by molar-refractivity contribution is 0.00578. The molecular weight excluding hydrogens is 1780 g/mol. The average molecular weight is 1870 g/mol. The second-order valence-corrected chi connectivity index (χ2v) is 33.2. The van der Waals surface area contributed by atoms with Crippen molar-refractivity contribution in [2.24, 2.45) is 0 Å². The molecule has 0 amide bonds. The highest BCUT2D eigenvalue weighted by Gasteiger charge is 2.52. The summed E-state index contributed by atoms with van der Waals surface area (Å²) in [7, 11) is 4.43. The molecule has 1 fully saturated rings. The van der Waals surface area contributed by atoms with E-state index in [1.54, 1.807) is 162 Å². The van der Waals surface area contributed by atoms with E-state index in [0.29, 0.717) is 94.2 Å². The van der Waals surface area contributed by atoms with Gasteiger partial charge in [0, 0.05) is 99.0 Å². The van der Waals surface area contributed by atoms with Gasteiger partial charge in [-0.05, 0) is 173 Å². The molecule has 1 aliphatic heterocycles. The van der Waals surface area contributed by atoms with Gasteiger partial charge in [-0.3, -0.25) is 39.9 Å². The maximum atomic E-state index is 12.4. The van der Waals surface area contributed by atoms with Crippen LogP contribution in [0.25, 0.3) is 66.1 Å². The van der Waals surface area contributed by atoms with Crippen molar-refractivity contribution in [3.63, 3.8) is 0 Å². The lowest BCUT2D eigenvalue weighted by atomic mass is 9.79. The number of rotatable bonds is 10. The molecule has 0 bridgehead atoms. The summed E-state index contributed by atoms with van der Waals surface area (Å²) in [5, 5.41) is 37.2. The lowest BCUT2D eigenvalue weighted by Crippen LogP contribution is -2.41. The van der Waals surface area contributed by atoms with Gasteiger partial charge in [0.25, 0.3) is 0 Å². The molecule has 0 radical (unpaired) electrons. The molecule has 31 nitrogen and oxygen atoms in total. The summed E-state index contributed by atoms with van der Waals surface area (Å²) in [5.41, 5.74) is 11.5. The molecule has 3 N–H and O–H groups in total. The van der Waals surface area contributed by atoms with Crippen LogP contribution in [-0.2, 0) is 30.1 Å². The van der Waals surface area contributed by atoms with Crippen LogP contribution in [0.3, 0.4) is 0 Å². The normalized spacial score (nSPS) is 12.3. The van der Waals surface area contributed by atoms with Crippen molar-refractivity contribution in [2.45, 2.75) is 154 Å². The van der Waals surface area contributed by atoms with Crippen LogP contribution in [0.5, 0.6) is 17.2 Å². The fourth-order valence-corrected chi connectivity index (χ4v) is 13.8. The lowest BCUT2D eigenvalue weighted by Gasteiger charge is -2.32. The van der Waals surface area contributed by atoms with Crippen LogP contribution in [-0.4, -0.2) is 177 Å². The van der Waals surface area contributed by atoms with Gasteiger partial charge in [0.1, 0.15) is 54.2 Å². The van der Waals surface area contributed by atoms with Gasteiger partial charge in [-0.2, -0.15) is 29.8 Å². The number of hydrogen-bond donors (Lipinski definition) is 3. The van der Waals surface area contributed by atoms with Gasteiger partial charge in [-0.25, -0.2) is 39.3 Å². The summed E-state index contributed by atoms with van der Waals surface area (Å²) in [6, 6.07) is 16.9. The number of aliphatic hydroxyl groups excluding tert-OH is 1. The maximum Gasteiger partial charge on any atom is 0.500 e. The van der Waals surface area contributed by atoms with Crippen molar-refractivity contribution in [1.29, 1.82) is 0 Å². The van der Waals surface area contributed by atoms with Gasteiger partial charge in [-0.15, -0.1) is 0 Å². The Balaban J connectivity index is 0.000000180. The highest BCUT2D eigenvalue weighted by Crippen LogP contribution is 2.38. The molecule has 0 saturated carbocycles. The van der Waals surface area contributed by atoms with E-state index in [9.17, 15) is 19.2 Å². The number of nitrogens with zero attached hydrogens (tertiary/aromatic N) is 16. The Morgan fingerprint density at radius 1 is 0.488 bits per heavy atom. The molecule has 0 atom stereocenters. The minimum absolute atomic E-state index is 0.102. The van der Waals surface area contributed by atoms with Gasteiger partial charge < -0.3 is 42.8 Å². The fourth-order valence-electron chi connectivity index (χ4n) is 11.5. The van der Waals surface area contributed by atoms with E-state index in [1.165, 1.54) is 27.6 Å². The monoisotopic (exact) mass is 1860 g/mol. The predicted octanol–water partition coefficient (Wildman–Crippen LogP) is 20.0. The number of carbonyl (C=O) groups excluding carboxylic acids is 4. The minimum Gasteiger partial charge on any atom is -0.497 e. The van der Waals surface area contributed by atoms with Gasteiger partial charge >= 0.3 is 25.3 Å². The predicted molar refractivity (Wildman–Crippen MR) is 485 cm³/mol. The molecule has 125 heavy (non-hydrogen) atoms. The zero-order valence-electron chi connectivity index (χ0n) is 72.1. The van der Waals surface area contributed by atoms with Crippen molar-refractivity contribution >= 4 is 173 Å². The number of aromatic amines is 2. The van der Waals surface area contributed by atoms with E-state index in [1.807, 2.05) is 88.3 Å². The van der Waals surface area contributed by atoms with Crippen LogP contribution >= 0.6 is 92.8 Å². The number of aromatic nitrogens is 18. The van der Waals surface area contributed by atoms with Crippen molar-refractivity contribution in [3.05, 3.63) is 220 Å². The minimum atomic E-state index is -0.604. The number of hydrogen-bond acceptors (Lipinski definition) is 27. The molecule has 0 unspecified atom stereocenters. The Hall–Kier alpha value is -10.9. The molecule has 40 heteroatoms. The first-order chi connectivity index (χ1) is 58.9. The second-order valence-electron chi connectivity index (χ2n) is 30.0. The van der Waals surface area contributed by atoms with E-state index in [2.05, 4.69) is 80.4 Å². The summed E-state index contributed by atoms with van der Waals surface area (Å²) >= 11 is 45.7. The Kier molecular flexibility index (Phi) is 34.9. The number of aldehydes is 1. The Morgan fingerprint density at radius 3 is 1.34 bits per heavy atom. The van der Waals surface area contributed by atoms with E-state index in [4.69, 9.17) is 136 Å². The standard InChI is InChI=1S/C18H20N4O3.C13H12N4O.C12H18BNO3.C12H14ClN3O2.C9H9Cl2NO2.C7H7Cl2NO.C7H5Cl2NO.C7H6ClN3/c1-11-12-10-20-22(17(23)25-18(2,3)4)15(12)8-14(21-11)13-9-19-7-6-16(13)24-5;1-8-9-7-15-17-12(9)5-11(16-8)10-6-14-4-3-13(10)18-2;1-11(2)12(3,4)17-13(16-11)9-8-14-7-6-10(9)15-5;1-7-8-6-14-16(9(8)5-10(13)15-7)11(17)18-12(2,3)4;1-3-14-9(13)8-5(2)12-7(11)4-6(8)10;2*1-4-5(3-11)6(8)2-7(9)10-4;1-4-5-3-9-11-6(5)2-7(8)10-4/h6-10H,1-5H3;3-7H,1-2H3,(H,15,17);6-8H,1-5H3;5-6H,1-4H3;4H,3H2,1-2H3;2,11H,3H2,1H3;2-3H,1H3;2-3H,1H3,(H,9,11). The van der Waals surface area contributed by atoms with E-state index < -0.39 is 36.5 Å². The number of methoxy groups -OCH3 is 3. The number of halogens is 8. The third kappa shape index (κ3) is 26.4. The average Bonchev–Trinajstić information content (AvgIpc) is 1.65. The molecule has 658 valence electrons. The SMILES string of the molecule is CCOC(=O)c1c(Cl)cc(Cl)nc1C.COc1ccncc1-c1cc2[nH]ncc2c(C)n1.COc1ccncc1-c1cc2c(cnn2C(=O)OC(C)(C)C)c(C)n1.COc1ccncc1B1OC(C)(C)C(C)(C)O1.Cc1nc(Cl)cc(Cl)c1C=O.Cc1nc(Cl)cc(Cl)c1CO.Cc1nc(Cl)cc2[nH]ncc12.Cc1nc(Cl)cc2c1cnn2C(=O)OC(C)(C)C. The third-order valence-electron chi connectivity index (χ3n) is 18.2. The molecule has 1 aliphatic rings. The molecular formula is C85H91BCl8N18O13. The van der Waals surface area contributed by atoms with E-state index in [0.717, 1.165) is 89.1 Å². The topological polar surface area (TPSA) is 384 Å². The maximum absolute atomic E-state index is 12.4. The summed E-state index contributed by atoms with van der Waals surface area (Å²) in [6.07, 6.45) is 16.5. The highest BCUT2D eigenvalue weighted by molar-refractivity contribution is 6.63. The van der Waals surface area contributed by atoms with Gasteiger partial charge in [0.2, 0.25) is 0 Å². The number of H-pyrrole nitrogens is 2. The van der Waals surface area contributed by atoms with Crippen LogP contribution in [0.4, 0.5) is 9.59 Å². The molecule has 0 spiro atoms. The number of fused-ring (bicyclic) bond motifs is 4. The molecule has 0 aliphatic carbocycles. The first-order valence-electron chi connectivity index (χ1n) is 38.0. The largest absolute Gasteiger partial charge is 0.500 e. The molecule has 14 aromatic rings. The van der Waals surface area contributed by atoms with Crippen LogP contribution in [0, 0.1) is 48.5 Å². The van der Waals surface area contributed by atoms with Crippen LogP contribution in [0.2, 0.25) is 40.8 Å². The van der Waals surface area contributed by atoms with Crippen molar-refractivity contribution in [1.82, 2.24) is 89.8 Å². The summed E-state index contributed by atoms with van der Waals surface area (Å²) < 4.78 is 45.9. The number of aryl methyl sites for hydroxylation is 7. The Morgan fingerprint density at radius 2 is 0.888 bits per heavy atom. The Labute approximate surface area is 761 Å². The van der Waals surface area contributed by atoms with Crippen LogP contribution < -0.4 is 19.7 Å². The Bertz CT molecular complexity index is 6090. The number of esters is 1. The molecule has 1 saturated heterocycles. The zero-order chi connectivity index (χ0) is 92.3. The molecule has 15 heterocycles. The number of ether oxygens (including phenoxy) is 6. The summed E-state index contributed by atoms with van der Waals surface area (Å²) in [6.45, 7) is 33.5. The van der Waals surface area contributed by atoms with Gasteiger partial charge in [0.05, 0.1) is 164 Å². The number of aliphatic hydroxyl groups is 1. The molecule has 0 aromatic carbocycles. The van der Waals surface area contributed by atoms with E-state index in [-0.39, 0.29) is 33.5 Å². The first kappa shape index (κ1) is 99.5. The van der Waals surface area contributed by atoms with Gasteiger partial charge in [0.15, 0.2) is 6.29 Å². The molecule has 15 rings (SSSR count). The summed E-state index contributed by atoms with van der Waals surface area (Å²) in [5.74, 6) is 1.68. The number of carbonyl (C=O) groups is 4. The zero-order valence-corrected chi connectivity index (χ0v) is 78.2. The van der Waals surface area contributed by atoms with Crippen molar-refractivity contribution in [2.75, 3.05) is 27.9 Å². The molecule has 14 aromatic heterocycles. The number of nitrogens with one attached hydrogen (secondary N) is 2. The second kappa shape index (κ2) is 43.8. The smallest absolute Gasteiger partial charge is 0.497 e. The quantitative estimate of drug-likeness (QED) is 0.0376. The van der Waals surface area contributed by atoms with Gasteiger partial charge in [-0.1, -0.05) is 92.8 Å². The van der Waals surface area contributed by atoms with Crippen molar-refractivity contribution in [3.8, 4) is 39.8 Å². The van der Waals surface area contributed by atoms with Crippen molar-refractivity contribution < 1.29 is 62.0 Å². The fraction of sp³-hybridized carbons (Fsp3) is 0.318. The van der Waals surface area contributed by atoms with Crippen LogP contribution in [0.1, 0.15) is 142 Å². The van der Waals surface area contributed by atoms with E-state index >= 15 is 0 Å². The number of pyridine rings is 10.